The number of rotatable bonds is 8. The van der Waals surface area contributed by atoms with Crippen molar-refractivity contribution in [3.05, 3.63) is 101 Å². The number of benzene rings is 2. The molecule has 0 spiro atoms. The van der Waals surface area contributed by atoms with E-state index >= 15 is 0 Å². The number of aryl methyl sites for hydroxylation is 2. The lowest BCUT2D eigenvalue weighted by molar-refractivity contribution is 0.0962. The van der Waals surface area contributed by atoms with Gasteiger partial charge in [0, 0.05) is 60.3 Å². The van der Waals surface area contributed by atoms with Gasteiger partial charge >= 0.3 is 0 Å². The van der Waals surface area contributed by atoms with Crippen molar-refractivity contribution in [1.29, 1.82) is 0 Å². The van der Waals surface area contributed by atoms with Crippen LogP contribution in [-0.4, -0.2) is 38.4 Å². The number of nitrogens with one attached hydrogen (secondary N) is 2. The fraction of sp³-hybridized carbons (Fsp3) is 0.200. The Morgan fingerprint density at radius 2 is 1.71 bits per heavy atom. The minimum atomic E-state index is -1.14. The Hall–Kier alpha value is -4.17. The van der Waals surface area contributed by atoms with E-state index in [9.17, 15) is 9.00 Å². The van der Waals surface area contributed by atoms with Gasteiger partial charge in [0.25, 0.3) is 5.91 Å². The van der Waals surface area contributed by atoms with Crippen LogP contribution >= 0.6 is 0 Å². The van der Waals surface area contributed by atoms with Crippen LogP contribution in [0.4, 0.5) is 5.69 Å². The van der Waals surface area contributed by atoms with Crippen molar-refractivity contribution in [1.82, 2.24) is 20.3 Å². The Bertz CT molecular complexity index is 1500. The molecule has 0 bridgehead atoms. The van der Waals surface area contributed by atoms with E-state index in [0.29, 0.717) is 11.4 Å². The summed E-state index contributed by atoms with van der Waals surface area (Å²) in [5.41, 5.74) is 6.66. The second-order valence-electron chi connectivity index (χ2n) is 9.07. The molecule has 1 amide bonds. The lowest BCUT2D eigenvalue weighted by atomic mass is 9.92. The zero-order valence-corrected chi connectivity index (χ0v) is 23.0. The van der Waals surface area contributed by atoms with Crippen LogP contribution in [0.5, 0.6) is 0 Å². The van der Waals surface area contributed by atoms with Crippen LogP contribution in [0, 0.1) is 13.8 Å². The zero-order valence-electron chi connectivity index (χ0n) is 22.1. The van der Waals surface area contributed by atoms with Gasteiger partial charge in [-0.3, -0.25) is 14.0 Å². The summed E-state index contributed by atoms with van der Waals surface area (Å²) < 4.78 is 12.3. The topological polar surface area (TPSA) is 96.9 Å². The van der Waals surface area contributed by atoms with E-state index < -0.39 is 10.8 Å². The van der Waals surface area contributed by atoms with Crippen LogP contribution in [-0.2, 0) is 10.8 Å². The molecule has 7 nitrogen and oxygen atoms in total. The Morgan fingerprint density at radius 1 is 0.974 bits per heavy atom. The Labute approximate surface area is 225 Å². The number of para-hydroxylation sites is 1. The first kappa shape index (κ1) is 26.9. The van der Waals surface area contributed by atoms with Crippen molar-refractivity contribution >= 4 is 34.5 Å². The molecule has 2 aromatic carbocycles. The molecule has 4 aromatic rings. The van der Waals surface area contributed by atoms with Crippen molar-refractivity contribution in [2.75, 3.05) is 18.6 Å². The van der Waals surface area contributed by atoms with Gasteiger partial charge < -0.3 is 10.6 Å². The quantitative estimate of drug-likeness (QED) is 0.311. The predicted octanol–water partition coefficient (Wildman–Crippen LogP) is 5.60. The van der Waals surface area contributed by atoms with Crippen molar-refractivity contribution in [2.24, 2.45) is 0 Å². The van der Waals surface area contributed by atoms with Crippen molar-refractivity contribution < 1.29 is 9.00 Å². The number of anilines is 1. The van der Waals surface area contributed by atoms with Crippen LogP contribution in [0.2, 0.25) is 0 Å². The van der Waals surface area contributed by atoms with Gasteiger partial charge in [-0.15, -0.1) is 0 Å². The first-order valence-corrected chi connectivity index (χ1v) is 13.8. The molecular weight excluding hydrogens is 494 g/mol. The molecule has 2 atom stereocenters. The number of carbonyl (C=O) groups is 1. The van der Waals surface area contributed by atoms with Crippen LogP contribution in [0.25, 0.3) is 23.5 Å². The molecule has 0 saturated carbocycles. The van der Waals surface area contributed by atoms with Gasteiger partial charge in [-0.25, -0.2) is 9.97 Å². The molecular formula is C30H31N5O2S. The molecule has 0 saturated heterocycles. The molecule has 38 heavy (non-hydrogen) atoms. The number of pyridine rings is 1. The number of nitrogens with zero attached hydrogens (tertiary/aromatic N) is 3. The van der Waals surface area contributed by atoms with Crippen LogP contribution in [0.1, 0.15) is 51.3 Å². The standard InChI is InChI=1S/C30H31N5O2S/c1-19-14-25(21(3)35-27-8-6-7-9-28(27)38(5)37)24(26(15-19)30(36)31-4)13-11-22-16-33-29(34-17-22)23-12-10-20(2)32-18-23/h6-18,21,35H,1-5H3,(H,31,36)/b13-11+. The number of hydrogen-bond donors (Lipinski definition) is 2. The van der Waals surface area contributed by atoms with E-state index in [-0.39, 0.29) is 11.9 Å². The maximum Gasteiger partial charge on any atom is 0.251 e. The summed E-state index contributed by atoms with van der Waals surface area (Å²) in [6.07, 6.45) is 10.8. The molecule has 2 heterocycles. The third-order valence-corrected chi connectivity index (χ3v) is 7.12. The highest BCUT2D eigenvalue weighted by Gasteiger charge is 2.19. The van der Waals surface area contributed by atoms with E-state index in [1.165, 1.54) is 0 Å². The highest BCUT2D eigenvalue weighted by molar-refractivity contribution is 7.84. The molecule has 2 aromatic heterocycles. The van der Waals surface area contributed by atoms with Crippen LogP contribution in [0.15, 0.2) is 72.0 Å². The maximum atomic E-state index is 12.9. The van der Waals surface area contributed by atoms with Crippen LogP contribution < -0.4 is 10.6 Å². The fourth-order valence-electron chi connectivity index (χ4n) is 4.19. The predicted molar refractivity (Wildman–Crippen MR) is 154 cm³/mol. The smallest absolute Gasteiger partial charge is 0.251 e. The SMILES string of the molecule is CNC(=O)c1cc(C)cc(C(C)Nc2ccccc2S(C)=O)c1/C=C/c1cnc(-c2ccc(C)nc2)nc1. The number of aromatic nitrogens is 3. The third kappa shape index (κ3) is 6.20. The summed E-state index contributed by atoms with van der Waals surface area (Å²) in [6, 6.07) is 15.2. The minimum Gasteiger partial charge on any atom is -0.378 e. The van der Waals surface area contributed by atoms with E-state index in [1.54, 1.807) is 31.9 Å². The lowest BCUT2D eigenvalue weighted by Crippen LogP contribution is -2.21. The summed E-state index contributed by atoms with van der Waals surface area (Å²) in [5.74, 6) is 0.428. The summed E-state index contributed by atoms with van der Waals surface area (Å²) >= 11 is 0. The number of carbonyl (C=O) groups excluding carboxylic acids is 1. The second-order valence-corrected chi connectivity index (χ2v) is 10.4. The number of amides is 1. The van der Waals surface area contributed by atoms with Gasteiger partial charge in [-0.2, -0.15) is 0 Å². The second kappa shape index (κ2) is 11.9. The van der Waals surface area contributed by atoms with Gasteiger partial charge in [-0.05, 0) is 67.8 Å². The van der Waals surface area contributed by atoms with Gasteiger partial charge in [0.2, 0.25) is 0 Å². The first-order chi connectivity index (χ1) is 18.3. The van der Waals surface area contributed by atoms with Gasteiger partial charge in [0.1, 0.15) is 0 Å². The fourth-order valence-corrected chi connectivity index (χ4v) is 4.90. The zero-order chi connectivity index (χ0) is 27.2. The molecule has 0 aliphatic carbocycles. The van der Waals surface area contributed by atoms with E-state index in [0.717, 1.165) is 44.1 Å². The largest absolute Gasteiger partial charge is 0.378 e. The molecule has 0 fully saturated rings. The monoisotopic (exact) mass is 525 g/mol. The Kier molecular flexibility index (Phi) is 8.43. The van der Waals surface area contributed by atoms with Crippen molar-refractivity contribution in [2.45, 2.75) is 31.7 Å². The third-order valence-electron chi connectivity index (χ3n) is 6.15. The molecule has 194 valence electrons. The molecule has 0 radical (unpaired) electrons. The van der Waals surface area contributed by atoms with Gasteiger partial charge in [0.05, 0.1) is 21.4 Å². The summed E-state index contributed by atoms with van der Waals surface area (Å²) in [6.45, 7) is 5.94. The minimum absolute atomic E-state index is 0.171. The maximum absolute atomic E-state index is 12.9. The highest BCUT2D eigenvalue weighted by atomic mass is 32.2. The molecule has 0 aliphatic rings. The lowest BCUT2D eigenvalue weighted by Gasteiger charge is -2.22. The Balaban J connectivity index is 1.70. The molecule has 2 unspecified atom stereocenters. The summed E-state index contributed by atoms with van der Waals surface area (Å²) in [5, 5.41) is 6.25. The first-order valence-electron chi connectivity index (χ1n) is 12.3. The molecule has 8 heteroatoms. The van der Waals surface area contributed by atoms with E-state index in [4.69, 9.17) is 0 Å². The van der Waals surface area contributed by atoms with Crippen molar-refractivity contribution in [3.63, 3.8) is 0 Å². The normalized spacial score (nSPS) is 12.8. The van der Waals surface area contributed by atoms with Crippen molar-refractivity contribution in [3.8, 4) is 11.4 Å². The van der Waals surface area contributed by atoms with E-state index in [1.807, 2.05) is 75.4 Å². The molecule has 4 rings (SSSR count). The van der Waals surface area contributed by atoms with Gasteiger partial charge in [-0.1, -0.05) is 30.4 Å². The number of hydrogen-bond acceptors (Lipinski definition) is 6. The van der Waals surface area contributed by atoms with Gasteiger partial charge in [0.15, 0.2) is 5.82 Å². The van der Waals surface area contributed by atoms with Crippen LogP contribution in [0.3, 0.4) is 0 Å². The average Bonchev–Trinajstić information content (AvgIpc) is 2.92. The molecule has 0 aliphatic heterocycles. The Morgan fingerprint density at radius 3 is 2.37 bits per heavy atom. The average molecular weight is 526 g/mol. The molecule has 2 N–H and O–H groups in total. The highest BCUT2D eigenvalue weighted by Crippen LogP contribution is 2.30. The summed E-state index contributed by atoms with van der Waals surface area (Å²) in [7, 11) is 0.484. The summed E-state index contributed by atoms with van der Waals surface area (Å²) in [4.78, 5) is 26.9. The van der Waals surface area contributed by atoms with E-state index in [2.05, 4.69) is 31.7 Å².